The van der Waals surface area contributed by atoms with Gasteiger partial charge in [0.25, 0.3) is 11.8 Å². The molecule has 6 nitrogen and oxygen atoms in total. The number of benzene rings is 2. The Morgan fingerprint density at radius 3 is 2.12 bits per heavy atom. The van der Waals surface area contributed by atoms with E-state index < -0.39 is 27.0 Å². The van der Waals surface area contributed by atoms with E-state index in [0.29, 0.717) is 4.47 Å². The summed E-state index contributed by atoms with van der Waals surface area (Å²) in [6.07, 6.45) is 0. The highest BCUT2D eigenvalue weighted by atomic mass is 79.9. The molecule has 0 radical (unpaired) electrons. The summed E-state index contributed by atoms with van der Waals surface area (Å²) in [6, 6.07) is 14.1. The molecule has 1 atom stereocenters. The summed E-state index contributed by atoms with van der Waals surface area (Å²) in [6.45, 7) is 0. The Kier molecular flexibility index (Phi) is 5.97. The highest BCUT2D eigenvalue weighted by Gasteiger charge is 2.36. The van der Waals surface area contributed by atoms with E-state index in [2.05, 4.69) is 21.2 Å². The van der Waals surface area contributed by atoms with Gasteiger partial charge in [0.15, 0.2) is 0 Å². The molecule has 2 aromatic carbocycles. The minimum Gasteiger partial charge on any atom is -0.346 e. The van der Waals surface area contributed by atoms with E-state index in [-0.39, 0.29) is 10.5 Å². The quantitative estimate of drug-likeness (QED) is 0.795. The normalized spacial score (nSPS) is 12.3. The molecule has 2 rings (SSSR count). The van der Waals surface area contributed by atoms with Crippen LogP contribution in [-0.4, -0.2) is 44.6 Å². The fraction of sp³-hybridized carbons (Fsp3) is 0.176. The van der Waals surface area contributed by atoms with Crippen molar-refractivity contribution in [2.45, 2.75) is 10.3 Å². The number of hydrogen-bond donors (Lipinski definition) is 1. The number of rotatable bonds is 5. The van der Waals surface area contributed by atoms with Crippen molar-refractivity contribution < 1.29 is 18.0 Å². The van der Waals surface area contributed by atoms with Crippen molar-refractivity contribution >= 4 is 37.6 Å². The molecular formula is C17H17BrN2O4S. The maximum absolute atomic E-state index is 12.9. The molecule has 1 unspecified atom stereocenters. The molecule has 0 spiro atoms. The largest absolute Gasteiger partial charge is 0.346 e. The van der Waals surface area contributed by atoms with Crippen molar-refractivity contribution in [2.24, 2.45) is 0 Å². The second-order valence-corrected chi connectivity index (χ2v) is 8.31. The van der Waals surface area contributed by atoms with E-state index in [9.17, 15) is 18.0 Å². The van der Waals surface area contributed by atoms with E-state index in [1.807, 2.05) is 0 Å². The first-order valence-electron chi connectivity index (χ1n) is 7.30. The Labute approximate surface area is 154 Å². The Morgan fingerprint density at radius 2 is 1.56 bits per heavy atom. The molecule has 0 aliphatic rings. The van der Waals surface area contributed by atoms with Crippen molar-refractivity contribution in [3.05, 3.63) is 64.6 Å². The molecule has 8 heteroatoms. The molecular weight excluding hydrogens is 408 g/mol. The van der Waals surface area contributed by atoms with Crippen molar-refractivity contribution in [1.29, 1.82) is 0 Å². The average Bonchev–Trinajstić information content (AvgIpc) is 2.59. The van der Waals surface area contributed by atoms with Gasteiger partial charge in [0.2, 0.25) is 15.2 Å². The Balaban J connectivity index is 2.43. The molecule has 0 saturated carbocycles. The summed E-state index contributed by atoms with van der Waals surface area (Å²) < 4.78 is 26.2. The molecule has 0 bridgehead atoms. The van der Waals surface area contributed by atoms with Crippen LogP contribution in [0.1, 0.15) is 10.4 Å². The van der Waals surface area contributed by atoms with Crippen molar-refractivity contribution in [1.82, 2.24) is 10.2 Å². The number of nitrogens with one attached hydrogen (secondary N) is 1. The third kappa shape index (κ3) is 4.26. The van der Waals surface area contributed by atoms with E-state index in [4.69, 9.17) is 0 Å². The number of hydrogen-bond acceptors (Lipinski definition) is 4. The standard InChI is InChI=1S/C17H17BrN2O4S/c1-20(2)17(22)16(25(23,24)12-8-4-3-5-9-12)19-15(21)13-10-6-7-11-14(13)18/h3-11,16H,1-2H3,(H,19,21). The topological polar surface area (TPSA) is 83.6 Å². The lowest BCUT2D eigenvalue weighted by Gasteiger charge is -2.22. The molecule has 2 amide bonds. The summed E-state index contributed by atoms with van der Waals surface area (Å²) >= 11 is 3.24. The molecule has 132 valence electrons. The van der Waals surface area contributed by atoms with Crippen LogP contribution < -0.4 is 5.32 Å². The predicted octanol–water partition coefficient (Wildman–Crippen LogP) is 2.07. The van der Waals surface area contributed by atoms with Crippen LogP contribution in [0.2, 0.25) is 0 Å². The Hall–Kier alpha value is -2.19. The predicted molar refractivity (Wildman–Crippen MR) is 97.7 cm³/mol. The minimum absolute atomic E-state index is 0.0392. The van der Waals surface area contributed by atoms with Crippen LogP contribution in [0.4, 0.5) is 0 Å². The van der Waals surface area contributed by atoms with Gasteiger partial charge in [0.05, 0.1) is 10.5 Å². The van der Waals surface area contributed by atoms with Gasteiger partial charge in [-0.1, -0.05) is 30.3 Å². The number of carbonyl (C=O) groups excluding carboxylic acids is 2. The number of sulfone groups is 1. The second-order valence-electron chi connectivity index (χ2n) is 5.42. The third-order valence-electron chi connectivity index (χ3n) is 3.43. The fourth-order valence-electron chi connectivity index (χ4n) is 2.09. The van der Waals surface area contributed by atoms with Gasteiger partial charge < -0.3 is 10.2 Å². The lowest BCUT2D eigenvalue weighted by atomic mass is 10.2. The van der Waals surface area contributed by atoms with Crippen LogP contribution in [0.25, 0.3) is 0 Å². The molecule has 0 aromatic heterocycles. The van der Waals surface area contributed by atoms with Gasteiger partial charge >= 0.3 is 0 Å². The van der Waals surface area contributed by atoms with Crippen LogP contribution in [0.5, 0.6) is 0 Å². The number of amides is 2. The van der Waals surface area contributed by atoms with Crippen molar-refractivity contribution in [2.75, 3.05) is 14.1 Å². The van der Waals surface area contributed by atoms with Gasteiger partial charge in [-0.05, 0) is 40.2 Å². The number of halogens is 1. The van der Waals surface area contributed by atoms with Crippen LogP contribution in [0, 0.1) is 0 Å². The summed E-state index contributed by atoms with van der Waals surface area (Å²) in [4.78, 5) is 26.0. The molecule has 1 N–H and O–H groups in total. The first-order valence-corrected chi connectivity index (χ1v) is 9.64. The highest BCUT2D eigenvalue weighted by molar-refractivity contribution is 9.10. The average molecular weight is 425 g/mol. The monoisotopic (exact) mass is 424 g/mol. The van der Waals surface area contributed by atoms with Gasteiger partial charge in [-0.2, -0.15) is 0 Å². The first-order chi connectivity index (χ1) is 11.7. The smallest absolute Gasteiger partial charge is 0.260 e. The van der Waals surface area contributed by atoms with E-state index in [1.54, 1.807) is 36.4 Å². The number of nitrogens with zero attached hydrogens (tertiary/aromatic N) is 1. The molecule has 0 heterocycles. The van der Waals surface area contributed by atoms with Crippen LogP contribution in [0.15, 0.2) is 64.0 Å². The summed E-state index contributed by atoms with van der Waals surface area (Å²) in [5.41, 5.74) is 0.238. The lowest BCUT2D eigenvalue weighted by molar-refractivity contribution is -0.128. The van der Waals surface area contributed by atoms with Gasteiger partial charge in [0, 0.05) is 18.6 Å². The van der Waals surface area contributed by atoms with Gasteiger partial charge in [-0.3, -0.25) is 9.59 Å². The molecule has 0 aliphatic carbocycles. The number of likely N-dealkylation sites (N-methyl/N-ethyl adjacent to an activating group) is 1. The minimum atomic E-state index is -4.10. The highest BCUT2D eigenvalue weighted by Crippen LogP contribution is 2.19. The maximum atomic E-state index is 12.9. The molecule has 0 fully saturated rings. The summed E-state index contributed by atoms with van der Waals surface area (Å²) in [5.74, 6) is -1.39. The molecule has 25 heavy (non-hydrogen) atoms. The van der Waals surface area contributed by atoms with Gasteiger partial charge in [-0.25, -0.2) is 8.42 Å². The van der Waals surface area contributed by atoms with Crippen molar-refractivity contribution in [3.8, 4) is 0 Å². The van der Waals surface area contributed by atoms with E-state index in [0.717, 1.165) is 4.90 Å². The SMILES string of the molecule is CN(C)C(=O)C(NC(=O)c1ccccc1Br)S(=O)(=O)c1ccccc1. The van der Waals surface area contributed by atoms with E-state index in [1.165, 1.54) is 32.3 Å². The van der Waals surface area contributed by atoms with Crippen LogP contribution >= 0.6 is 15.9 Å². The number of carbonyl (C=O) groups is 2. The van der Waals surface area contributed by atoms with Crippen molar-refractivity contribution in [3.63, 3.8) is 0 Å². The molecule has 0 saturated heterocycles. The molecule has 0 aliphatic heterocycles. The summed E-state index contributed by atoms with van der Waals surface area (Å²) in [5, 5.41) is 0.628. The lowest BCUT2D eigenvalue weighted by Crippen LogP contribution is -2.50. The third-order valence-corrected chi connectivity index (χ3v) is 5.99. The Morgan fingerprint density at radius 1 is 1.00 bits per heavy atom. The Bertz CT molecular complexity index is 883. The van der Waals surface area contributed by atoms with Gasteiger partial charge in [-0.15, -0.1) is 0 Å². The molecule has 2 aromatic rings. The zero-order valence-corrected chi connectivity index (χ0v) is 16.0. The summed E-state index contributed by atoms with van der Waals surface area (Å²) in [7, 11) is -1.24. The zero-order valence-electron chi connectivity index (χ0n) is 13.6. The first kappa shape index (κ1) is 19.1. The van der Waals surface area contributed by atoms with Crippen LogP contribution in [-0.2, 0) is 14.6 Å². The van der Waals surface area contributed by atoms with Gasteiger partial charge in [0.1, 0.15) is 0 Å². The second kappa shape index (κ2) is 7.79. The van der Waals surface area contributed by atoms with Crippen LogP contribution in [0.3, 0.4) is 0 Å². The fourth-order valence-corrected chi connectivity index (χ4v) is 4.11. The van der Waals surface area contributed by atoms with E-state index >= 15 is 0 Å². The maximum Gasteiger partial charge on any atom is 0.260 e. The zero-order chi connectivity index (χ0) is 18.6.